The average molecular weight is 304 g/mol. The van der Waals surface area contributed by atoms with E-state index < -0.39 is 5.82 Å². The van der Waals surface area contributed by atoms with Gasteiger partial charge in [0.05, 0.1) is 7.11 Å². The second-order valence-electron chi connectivity index (χ2n) is 3.77. The minimum Gasteiger partial charge on any atom is -0.494 e. The summed E-state index contributed by atoms with van der Waals surface area (Å²) in [6, 6.07) is 4.25. The molecule has 17 heavy (non-hydrogen) atoms. The number of alkyl halides is 1. The predicted molar refractivity (Wildman–Crippen MR) is 68.3 cm³/mol. The molecule has 0 aliphatic carbocycles. The fourth-order valence-electron chi connectivity index (χ4n) is 1.31. The molecule has 5 heteroatoms. The molecule has 1 aromatic carbocycles. The van der Waals surface area contributed by atoms with Crippen molar-refractivity contribution >= 4 is 21.8 Å². The Balaban J connectivity index is 2.93. The third-order valence-corrected chi connectivity index (χ3v) is 3.54. The normalized spacial score (nSPS) is 12.1. The van der Waals surface area contributed by atoms with Crippen molar-refractivity contribution < 1.29 is 13.9 Å². The van der Waals surface area contributed by atoms with Crippen LogP contribution in [0.3, 0.4) is 0 Å². The van der Waals surface area contributed by atoms with E-state index in [9.17, 15) is 9.18 Å². The van der Waals surface area contributed by atoms with Crippen molar-refractivity contribution in [2.45, 2.75) is 13.0 Å². The Labute approximate surface area is 109 Å². The molecule has 3 nitrogen and oxygen atoms in total. The van der Waals surface area contributed by atoms with E-state index in [1.54, 1.807) is 18.0 Å². The minimum atomic E-state index is -0.529. The van der Waals surface area contributed by atoms with Crippen LogP contribution < -0.4 is 4.74 Å². The molecule has 0 aliphatic rings. The molecular weight excluding hydrogens is 289 g/mol. The zero-order valence-electron chi connectivity index (χ0n) is 10.0. The first-order valence-corrected chi connectivity index (χ1v) is 6.30. The van der Waals surface area contributed by atoms with Gasteiger partial charge in [0.1, 0.15) is 0 Å². The summed E-state index contributed by atoms with van der Waals surface area (Å²) < 4.78 is 18.3. The Hall–Kier alpha value is -1.10. The van der Waals surface area contributed by atoms with Crippen molar-refractivity contribution in [3.63, 3.8) is 0 Å². The second kappa shape index (κ2) is 6.00. The molecule has 0 spiro atoms. The molecule has 0 fully saturated rings. The summed E-state index contributed by atoms with van der Waals surface area (Å²) >= 11 is 3.31. The van der Waals surface area contributed by atoms with Crippen LogP contribution in [0.4, 0.5) is 4.39 Å². The Morgan fingerprint density at radius 3 is 2.71 bits per heavy atom. The number of benzene rings is 1. The predicted octanol–water partition coefficient (Wildman–Crippen LogP) is 2.69. The lowest BCUT2D eigenvalue weighted by atomic mass is 10.1. The number of hydrogen-bond acceptors (Lipinski definition) is 2. The van der Waals surface area contributed by atoms with Gasteiger partial charge in [0.15, 0.2) is 11.6 Å². The highest BCUT2D eigenvalue weighted by molar-refractivity contribution is 9.09. The molecule has 0 bridgehead atoms. The van der Waals surface area contributed by atoms with Gasteiger partial charge in [-0.25, -0.2) is 4.39 Å². The molecule has 0 saturated carbocycles. The number of ether oxygens (including phenoxy) is 1. The van der Waals surface area contributed by atoms with Crippen LogP contribution in [0, 0.1) is 5.82 Å². The number of halogens is 2. The maximum atomic E-state index is 13.5. The standard InChI is InChI=1S/C12H15BrFNO2/c1-8(7-13)15(2)12(16)9-4-5-11(17-3)10(14)6-9/h4-6,8H,7H2,1-3H3. The van der Waals surface area contributed by atoms with Crippen LogP contribution >= 0.6 is 15.9 Å². The van der Waals surface area contributed by atoms with Gasteiger partial charge in [0, 0.05) is 24.0 Å². The quantitative estimate of drug-likeness (QED) is 0.801. The van der Waals surface area contributed by atoms with E-state index in [2.05, 4.69) is 15.9 Å². The van der Waals surface area contributed by atoms with Crippen molar-refractivity contribution in [2.75, 3.05) is 19.5 Å². The molecule has 1 rings (SSSR count). The summed E-state index contributed by atoms with van der Waals surface area (Å²) in [6.07, 6.45) is 0. The van der Waals surface area contributed by atoms with Crippen LogP contribution in [0.1, 0.15) is 17.3 Å². The Morgan fingerprint density at radius 1 is 1.59 bits per heavy atom. The first-order valence-electron chi connectivity index (χ1n) is 5.18. The summed E-state index contributed by atoms with van der Waals surface area (Å²) in [5.41, 5.74) is 0.318. The number of nitrogens with zero attached hydrogens (tertiary/aromatic N) is 1. The molecule has 1 aromatic rings. The third-order valence-electron chi connectivity index (χ3n) is 2.60. The highest BCUT2D eigenvalue weighted by Crippen LogP contribution is 2.19. The van der Waals surface area contributed by atoms with Crippen molar-refractivity contribution in [1.82, 2.24) is 4.90 Å². The summed E-state index contributed by atoms with van der Waals surface area (Å²) in [5.74, 6) is -0.602. The molecule has 0 aromatic heterocycles. The fraction of sp³-hybridized carbons (Fsp3) is 0.417. The van der Waals surface area contributed by atoms with E-state index >= 15 is 0 Å². The van der Waals surface area contributed by atoms with Gasteiger partial charge in [-0.1, -0.05) is 15.9 Å². The van der Waals surface area contributed by atoms with Crippen molar-refractivity contribution in [2.24, 2.45) is 0 Å². The summed E-state index contributed by atoms with van der Waals surface area (Å²) in [4.78, 5) is 13.6. The van der Waals surface area contributed by atoms with Gasteiger partial charge in [0.2, 0.25) is 0 Å². The summed E-state index contributed by atoms with van der Waals surface area (Å²) in [6.45, 7) is 1.91. The van der Waals surface area contributed by atoms with Gasteiger partial charge < -0.3 is 9.64 Å². The topological polar surface area (TPSA) is 29.5 Å². The molecule has 1 amide bonds. The lowest BCUT2D eigenvalue weighted by molar-refractivity contribution is 0.0757. The maximum Gasteiger partial charge on any atom is 0.253 e. The first kappa shape index (κ1) is 14.0. The number of methoxy groups -OCH3 is 1. The Bertz CT molecular complexity index is 411. The van der Waals surface area contributed by atoms with Gasteiger partial charge in [0.25, 0.3) is 5.91 Å². The summed E-state index contributed by atoms with van der Waals surface area (Å²) in [5, 5.41) is 0.674. The van der Waals surface area contributed by atoms with E-state index in [1.807, 2.05) is 6.92 Å². The van der Waals surface area contributed by atoms with E-state index in [-0.39, 0.29) is 17.7 Å². The van der Waals surface area contributed by atoms with Crippen molar-refractivity contribution in [3.05, 3.63) is 29.6 Å². The molecule has 0 heterocycles. The number of amides is 1. The molecule has 1 atom stereocenters. The van der Waals surface area contributed by atoms with Crippen LogP contribution in [-0.4, -0.2) is 36.3 Å². The average Bonchev–Trinajstić information content (AvgIpc) is 2.35. The molecule has 1 unspecified atom stereocenters. The zero-order chi connectivity index (χ0) is 13.0. The molecule has 0 saturated heterocycles. The monoisotopic (exact) mass is 303 g/mol. The Morgan fingerprint density at radius 2 is 2.24 bits per heavy atom. The van der Waals surface area contributed by atoms with Crippen LogP contribution in [0.15, 0.2) is 18.2 Å². The van der Waals surface area contributed by atoms with Crippen LogP contribution in [-0.2, 0) is 0 Å². The number of carbonyl (C=O) groups is 1. The number of hydrogen-bond donors (Lipinski definition) is 0. The van der Waals surface area contributed by atoms with Gasteiger partial charge in [-0.15, -0.1) is 0 Å². The maximum absolute atomic E-state index is 13.5. The minimum absolute atomic E-state index is 0.0488. The Kier molecular flexibility index (Phi) is 4.93. The molecule has 0 aliphatic heterocycles. The number of carbonyl (C=O) groups excluding carboxylic acids is 1. The van der Waals surface area contributed by atoms with Gasteiger partial charge in [-0.3, -0.25) is 4.79 Å². The molecule has 0 radical (unpaired) electrons. The van der Waals surface area contributed by atoms with E-state index in [0.717, 1.165) is 0 Å². The van der Waals surface area contributed by atoms with E-state index in [4.69, 9.17) is 4.74 Å². The highest BCUT2D eigenvalue weighted by Gasteiger charge is 2.17. The van der Waals surface area contributed by atoms with Crippen molar-refractivity contribution in [1.29, 1.82) is 0 Å². The van der Waals surface area contributed by atoms with Crippen LogP contribution in [0.25, 0.3) is 0 Å². The lowest BCUT2D eigenvalue weighted by Gasteiger charge is -2.23. The van der Waals surface area contributed by atoms with Gasteiger partial charge >= 0.3 is 0 Å². The van der Waals surface area contributed by atoms with Crippen molar-refractivity contribution in [3.8, 4) is 5.75 Å². The molecule has 0 N–H and O–H groups in total. The molecular formula is C12H15BrFNO2. The second-order valence-corrected chi connectivity index (χ2v) is 4.42. The molecule has 94 valence electrons. The number of rotatable bonds is 4. The van der Waals surface area contributed by atoms with Crippen LogP contribution in [0.2, 0.25) is 0 Å². The smallest absolute Gasteiger partial charge is 0.253 e. The summed E-state index contributed by atoms with van der Waals surface area (Å²) in [7, 11) is 3.08. The highest BCUT2D eigenvalue weighted by atomic mass is 79.9. The zero-order valence-corrected chi connectivity index (χ0v) is 11.6. The van der Waals surface area contributed by atoms with Gasteiger partial charge in [-0.2, -0.15) is 0 Å². The fourth-order valence-corrected chi connectivity index (χ4v) is 1.74. The van der Waals surface area contributed by atoms with Gasteiger partial charge in [-0.05, 0) is 25.1 Å². The SMILES string of the molecule is COc1ccc(C(=O)N(C)C(C)CBr)cc1F. The van der Waals surface area contributed by atoms with Crippen LogP contribution in [0.5, 0.6) is 5.75 Å². The first-order chi connectivity index (χ1) is 8.01. The lowest BCUT2D eigenvalue weighted by Crippen LogP contribution is -2.36. The van der Waals surface area contributed by atoms with E-state index in [0.29, 0.717) is 10.9 Å². The van der Waals surface area contributed by atoms with E-state index in [1.165, 1.54) is 19.2 Å². The third kappa shape index (κ3) is 3.19. The largest absolute Gasteiger partial charge is 0.494 e.